The second-order valence-corrected chi connectivity index (χ2v) is 10.2. The van der Waals surface area contributed by atoms with E-state index in [2.05, 4.69) is 10.1 Å². The van der Waals surface area contributed by atoms with E-state index in [1.165, 1.54) is 13.1 Å². The van der Waals surface area contributed by atoms with Gasteiger partial charge in [0.05, 0.1) is 25.4 Å². The molecular weight excluding hydrogens is 535 g/mol. The number of nitrogens with one attached hydrogen (secondary N) is 3. The van der Waals surface area contributed by atoms with Gasteiger partial charge in [-0.2, -0.15) is 0 Å². The van der Waals surface area contributed by atoms with Crippen LogP contribution in [0.2, 0.25) is 0 Å². The maximum atomic E-state index is 12.7. The van der Waals surface area contributed by atoms with E-state index in [-0.39, 0.29) is 18.1 Å². The largest absolute Gasteiger partial charge is 0.403 e. The Morgan fingerprint density at radius 1 is 1.11 bits per heavy atom. The first-order chi connectivity index (χ1) is 17.4. The minimum atomic E-state index is -4.62. The number of aromatic amines is 2. The molecule has 18 nitrogen and oxygen atoms in total. The van der Waals surface area contributed by atoms with E-state index in [0.29, 0.717) is 0 Å². The fourth-order valence-electron chi connectivity index (χ4n) is 4.15. The molecule has 8 atom stereocenters. The van der Waals surface area contributed by atoms with Crippen molar-refractivity contribution in [2.75, 3.05) is 13.2 Å². The third-order valence-electron chi connectivity index (χ3n) is 6.08. The Kier molecular flexibility index (Phi) is 9.04. The Morgan fingerprint density at radius 2 is 1.79 bits per heavy atom. The van der Waals surface area contributed by atoms with Gasteiger partial charge in [-0.15, -0.1) is 0 Å². The molecular formula is C19H29N6O12P. The van der Waals surface area contributed by atoms with Crippen molar-refractivity contribution in [3.63, 3.8) is 0 Å². The van der Waals surface area contributed by atoms with E-state index in [0.717, 1.165) is 21.4 Å². The normalized spacial score (nSPS) is 30.6. The van der Waals surface area contributed by atoms with E-state index in [1.807, 2.05) is 4.98 Å². The first-order valence-corrected chi connectivity index (χ1v) is 12.6. The summed E-state index contributed by atoms with van der Waals surface area (Å²) in [5.41, 5.74) is -2.68. The van der Waals surface area contributed by atoms with Crippen LogP contribution in [0, 0.1) is 6.92 Å². The summed E-state index contributed by atoms with van der Waals surface area (Å²) in [7, 11) is -4.62. The summed E-state index contributed by atoms with van der Waals surface area (Å²) in [6.45, 7) is 0.220. The van der Waals surface area contributed by atoms with Crippen molar-refractivity contribution < 1.29 is 38.8 Å². The molecule has 2 aromatic heterocycles. The number of aromatic nitrogens is 4. The molecule has 1 unspecified atom stereocenters. The molecule has 0 aliphatic carbocycles. The molecule has 2 aliphatic heterocycles. The zero-order chi connectivity index (χ0) is 27.1. The maximum absolute atomic E-state index is 12.7. The van der Waals surface area contributed by atoms with Crippen molar-refractivity contribution >= 4 is 7.75 Å². The first kappa shape index (κ1) is 29.8. The molecule has 2 aromatic rings. The molecule has 0 amide bonds. The molecule has 0 radical (unpaired) electrons. The van der Waals surface area contributed by atoms with E-state index >= 15 is 0 Å². The lowest BCUT2D eigenvalue weighted by molar-refractivity contribution is -0.0531. The van der Waals surface area contributed by atoms with Crippen LogP contribution in [0.5, 0.6) is 0 Å². The van der Waals surface area contributed by atoms with Crippen LogP contribution in [0.25, 0.3) is 0 Å². The highest BCUT2D eigenvalue weighted by molar-refractivity contribution is 7.50. The number of ether oxygens (including phenoxy) is 2. The second kappa shape index (κ2) is 11.5. The Labute approximate surface area is 212 Å². The topological polar surface area (TPSA) is 282 Å². The number of hydrogen-bond donors (Lipinski definition) is 8. The van der Waals surface area contributed by atoms with Crippen molar-refractivity contribution in [2.24, 2.45) is 0 Å². The van der Waals surface area contributed by atoms with Crippen molar-refractivity contribution in [3.05, 3.63) is 65.7 Å². The molecule has 10 N–H and O–H groups in total. The van der Waals surface area contributed by atoms with E-state index in [1.54, 1.807) is 0 Å². The van der Waals surface area contributed by atoms with Gasteiger partial charge in [0.25, 0.3) is 11.1 Å². The standard InChI is InChI=1S/C19H26N5O12P.H3N/c1-8-5-24(19(31)21-16(8)29)13-4-9(10(6-25)35-13)22-37(32,33)34-7-11-14(27)15(28)17(36-11)23-3-2-12(26)20-18(23)30;/h2-3,5,9-11,13-15,17,25,27-28H,4,6-7H2,1H3,(H,20,26,30)(H,21,29,31)(H2,22,32,33);1H3/t9-,10+,11+,13+,14+,15+,17+;/m0./s1. The van der Waals surface area contributed by atoms with Crippen molar-refractivity contribution in [2.45, 2.75) is 56.3 Å². The summed E-state index contributed by atoms with van der Waals surface area (Å²) in [4.78, 5) is 61.4. The van der Waals surface area contributed by atoms with Gasteiger partial charge >= 0.3 is 19.1 Å². The molecule has 2 saturated heterocycles. The molecule has 4 heterocycles. The lowest BCUT2D eigenvalue weighted by Gasteiger charge is -2.22. The molecule has 2 aliphatic rings. The summed E-state index contributed by atoms with van der Waals surface area (Å²) >= 11 is 0. The monoisotopic (exact) mass is 564 g/mol. The zero-order valence-electron chi connectivity index (χ0n) is 20.0. The maximum Gasteiger partial charge on any atom is 0.403 e. The van der Waals surface area contributed by atoms with Crippen LogP contribution in [-0.4, -0.2) is 83.0 Å². The Balaban J connectivity index is 0.00000400. The van der Waals surface area contributed by atoms with Crippen LogP contribution in [0.1, 0.15) is 24.4 Å². The Morgan fingerprint density at radius 3 is 2.45 bits per heavy atom. The van der Waals surface area contributed by atoms with Crippen molar-refractivity contribution in [1.29, 1.82) is 0 Å². The molecule has 38 heavy (non-hydrogen) atoms. The number of rotatable bonds is 8. The fraction of sp³-hybridized carbons (Fsp3) is 0.579. The zero-order valence-corrected chi connectivity index (χ0v) is 20.9. The van der Waals surface area contributed by atoms with Gasteiger partial charge in [0.15, 0.2) is 6.23 Å². The lowest BCUT2D eigenvalue weighted by Crippen LogP contribution is -2.38. The van der Waals surface area contributed by atoms with Gasteiger partial charge < -0.3 is 35.8 Å². The van der Waals surface area contributed by atoms with Crippen LogP contribution in [0.3, 0.4) is 0 Å². The van der Waals surface area contributed by atoms with Gasteiger partial charge in [0.2, 0.25) is 0 Å². The van der Waals surface area contributed by atoms with Crippen LogP contribution in [0.15, 0.2) is 37.6 Å². The number of H-pyrrole nitrogens is 2. The minimum Gasteiger partial charge on any atom is -0.394 e. The highest BCUT2D eigenvalue weighted by Crippen LogP contribution is 2.42. The van der Waals surface area contributed by atoms with Gasteiger partial charge in [0, 0.05) is 30.4 Å². The van der Waals surface area contributed by atoms with Gasteiger partial charge in [-0.1, -0.05) is 0 Å². The van der Waals surface area contributed by atoms with E-state index < -0.39 is 86.4 Å². The number of nitrogens with zero attached hydrogens (tertiary/aromatic N) is 2. The summed E-state index contributed by atoms with van der Waals surface area (Å²) in [6.07, 6.45) is -5.66. The van der Waals surface area contributed by atoms with Crippen molar-refractivity contribution in [1.82, 2.24) is 30.3 Å². The second-order valence-electron chi connectivity index (χ2n) is 8.64. The predicted molar refractivity (Wildman–Crippen MR) is 127 cm³/mol. The smallest absolute Gasteiger partial charge is 0.394 e. The summed E-state index contributed by atoms with van der Waals surface area (Å²) < 4.78 is 30.7. The molecule has 0 spiro atoms. The number of hydrogen-bond acceptors (Lipinski definition) is 12. The number of aryl methyl sites for hydroxylation is 1. The minimum absolute atomic E-state index is 0. The third kappa shape index (κ3) is 6.10. The van der Waals surface area contributed by atoms with Crippen LogP contribution in [0.4, 0.5) is 0 Å². The molecule has 212 valence electrons. The lowest BCUT2D eigenvalue weighted by atomic mass is 10.1. The average Bonchev–Trinajstić information content (AvgIpc) is 3.35. The molecule has 0 bridgehead atoms. The Hall–Kier alpha value is -2.77. The number of aliphatic hydroxyl groups is 3. The first-order valence-electron chi connectivity index (χ1n) is 11.1. The van der Waals surface area contributed by atoms with Gasteiger partial charge in [-0.05, 0) is 6.92 Å². The van der Waals surface area contributed by atoms with E-state index in [4.69, 9.17) is 14.0 Å². The predicted octanol–water partition coefficient (Wildman–Crippen LogP) is -3.47. The molecule has 4 rings (SSSR count). The van der Waals surface area contributed by atoms with Gasteiger partial charge in [0.1, 0.15) is 24.5 Å². The Bertz CT molecular complexity index is 1420. The summed E-state index contributed by atoms with van der Waals surface area (Å²) in [5, 5.41) is 32.5. The third-order valence-corrected chi connectivity index (χ3v) is 7.23. The molecule has 0 aromatic carbocycles. The highest BCUT2D eigenvalue weighted by Gasteiger charge is 2.46. The fourth-order valence-corrected chi connectivity index (χ4v) is 5.27. The molecule has 2 fully saturated rings. The van der Waals surface area contributed by atoms with E-state index in [9.17, 15) is 44.0 Å². The van der Waals surface area contributed by atoms with Crippen molar-refractivity contribution in [3.8, 4) is 0 Å². The highest BCUT2D eigenvalue weighted by atomic mass is 31.2. The SMILES string of the molecule is Cc1cn([C@H]2C[C@H](NP(=O)(O)OC[C@H]3O[C@@H](n4ccc(=O)[nH]c4=O)[C@H](O)[C@@H]3O)[C@@H](CO)O2)c(=O)[nH]c1=O.N. The quantitative estimate of drug-likeness (QED) is 0.145. The van der Waals surface area contributed by atoms with Gasteiger partial charge in [-0.25, -0.2) is 19.2 Å². The van der Waals surface area contributed by atoms with Crippen LogP contribution < -0.4 is 33.7 Å². The van der Waals surface area contributed by atoms with Gasteiger partial charge in [-0.3, -0.25) is 33.2 Å². The molecule has 0 saturated carbocycles. The summed E-state index contributed by atoms with van der Waals surface area (Å²) in [5.74, 6) is 0. The van der Waals surface area contributed by atoms with Crippen LogP contribution in [-0.2, 0) is 18.6 Å². The summed E-state index contributed by atoms with van der Waals surface area (Å²) in [6, 6.07) is 0.0497. The average molecular weight is 564 g/mol. The molecule has 19 heteroatoms. The number of aliphatic hydroxyl groups excluding tert-OH is 3. The van der Waals surface area contributed by atoms with Crippen LogP contribution >= 0.6 is 7.75 Å².